The van der Waals surface area contributed by atoms with Gasteiger partial charge in [0.05, 0.1) is 22.1 Å². The van der Waals surface area contributed by atoms with E-state index in [-0.39, 0.29) is 10.8 Å². The molecule has 0 aliphatic heterocycles. The summed E-state index contributed by atoms with van der Waals surface area (Å²) in [5, 5.41) is 4.85. The minimum atomic E-state index is -0.0856. The predicted molar refractivity (Wildman–Crippen MR) is 407 cm³/mol. The van der Waals surface area contributed by atoms with Gasteiger partial charge in [-0.05, 0) is 236 Å². The average Bonchev–Trinajstić information content (AvgIpc) is 1.58. The van der Waals surface area contributed by atoms with Crippen LogP contribution in [0.3, 0.4) is 0 Å². The van der Waals surface area contributed by atoms with E-state index >= 15 is 0 Å². The van der Waals surface area contributed by atoms with E-state index in [9.17, 15) is 0 Å². The minimum Gasteiger partial charge on any atom is -0.310 e. The van der Waals surface area contributed by atoms with Crippen LogP contribution in [0.1, 0.15) is 73.9 Å². The number of allylic oxidation sites excluding steroid dienone is 4. The van der Waals surface area contributed by atoms with Gasteiger partial charge in [0.15, 0.2) is 0 Å². The molecule has 0 unspecified atom stereocenters. The smallest absolute Gasteiger partial charge is 0.0542 e. The first-order chi connectivity index (χ1) is 47.1. The number of para-hydroxylation sites is 4. The number of benzene rings is 13. The van der Waals surface area contributed by atoms with Crippen LogP contribution in [0, 0.1) is 0 Å². The van der Waals surface area contributed by atoms with Gasteiger partial charge in [0, 0.05) is 77.9 Å². The van der Waals surface area contributed by atoms with Gasteiger partial charge in [0.1, 0.15) is 0 Å². The van der Waals surface area contributed by atoms with Gasteiger partial charge >= 0.3 is 0 Å². The van der Waals surface area contributed by atoms with Crippen molar-refractivity contribution in [2.24, 2.45) is 0 Å². The van der Waals surface area contributed by atoms with Crippen LogP contribution in [0.2, 0.25) is 0 Å². The Kier molecular flexibility index (Phi) is 13.4. The van der Waals surface area contributed by atoms with Crippen LogP contribution < -0.4 is 9.80 Å². The summed E-state index contributed by atoms with van der Waals surface area (Å²) in [7, 11) is 0. The van der Waals surface area contributed by atoms with E-state index in [1.165, 1.54) is 110 Å². The third kappa shape index (κ3) is 9.34. The monoisotopic (exact) mass is 1230 g/mol. The van der Waals surface area contributed by atoms with E-state index in [1.54, 1.807) is 0 Å². The highest BCUT2D eigenvalue weighted by Gasteiger charge is 2.38. The van der Waals surface area contributed by atoms with Crippen molar-refractivity contribution in [3.8, 4) is 44.8 Å². The lowest BCUT2D eigenvalue weighted by Gasteiger charge is -2.26. The largest absolute Gasteiger partial charge is 0.310 e. The fourth-order valence-electron chi connectivity index (χ4n) is 16.1. The van der Waals surface area contributed by atoms with Crippen molar-refractivity contribution in [1.29, 1.82) is 0 Å². The lowest BCUT2D eigenvalue weighted by atomic mass is 9.79. The number of anilines is 6. The summed E-state index contributed by atoms with van der Waals surface area (Å²) in [5.74, 6) is 0. The Labute approximate surface area is 561 Å². The molecule has 18 rings (SSSR count). The molecule has 0 N–H and O–H groups in total. The SMILES string of the molecule is CC1(C)C2=C(CCC=C2)c2ccc(-c3ccc4c(c3)c3cc(N(c5ccccc5)c5ccc(/C=C/c6ccc(N(c7ccccc7)c7ccc8c(c7)c7cc(-c9ccc%10c(c9)C(C)(C)c9ccccc9-%10)ccc7n8-c7ccccc7)cc6)cc5)ccc3n4-c3ccccc3)cc21. The van der Waals surface area contributed by atoms with E-state index in [1.807, 2.05) is 0 Å². The maximum Gasteiger partial charge on any atom is 0.0542 e. The third-order valence-corrected chi connectivity index (χ3v) is 21.0. The molecule has 0 saturated heterocycles. The molecule has 13 aromatic carbocycles. The van der Waals surface area contributed by atoms with Gasteiger partial charge in [-0.1, -0.05) is 210 Å². The van der Waals surface area contributed by atoms with Crippen molar-refractivity contribution < 1.29 is 0 Å². The standard InChI is InChI=1S/C92H70N4/c1-91(2)83-31-19-17-29-75(83)77-49-39-65(57-85(77)91)63-41-51-87-79(55-63)81-59-73(47-53-89(81)95(87)69-25-13-7-14-26-69)93(67-21-9-5-10-22-67)71-43-35-61(36-44-71)33-34-62-37-45-72(46-38-62)94(68-23-11-6-12-24-68)74-48-54-90-82(60-74)80-56-64(42-52-88(80)96(90)70-27-15-8-16-28-70)66-40-50-78-76-30-18-20-32-84(76)92(3,4)86(78)58-66/h5-17,19-29,31-60H,18,30H2,1-4H3/b34-33+. The summed E-state index contributed by atoms with van der Waals surface area (Å²) in [5.41, 5.74) is 31.9. The summed E-state index contributed by atoms with van der Waals surface area (Å²) in [6, 6.07) is 112. The van der Waals surface area contributed by atoms with Gasteiger partial charge in [0.25, 0.3) is 0 Å². The molecule has 0 bridgehead atoms. The summed E-state index contributed by atoms with van der Waals surface area (Å²) in [6.07, 6.45) is 11.4. The summed E-state index contributed by atoms with van der Waals surface area (Å²) < 4.78 is 4.84. The zero-order valence-electron chi connectivity index (χ0n) is 54.4. The molecule has 15 aromatic rings. The van der Waals surface area contributed by atoms with E-state index in [0.29, 0.717) is 0 Å². The second-order valence-corrected chi connectivity index (χ2v) is 27.2. The summed E-state index contributed by atoms with van der Waals surface area (Å²) in [6.45, 7) is 9.51. The first-order valence-corrected chi connectivity index (χ1v) is 33.8. The molecule has 96 heavy (non-hydrogen) atoms. The Morgan fingerprint density at radius 3 is 1.19 bits per heavy atom. The molecule has 0 saturated carbocycles. The summed E-state index contributed by atoms with van der Waals surface area (Å²) in [4.78, 5) is 4.77. The van der Waals surface area contributed by atoms with E-state index in [4.69, 9.17) is 0 Å². The van der Waals surface area contributed by atoms with E-state index in [2.05, 4.69) is 374 Å². The molecule has 0 atom stereocenters. The quantitative estimate of drug-likeness (QED) is 0.113. The molecule has 0 fully saturated rings. The fourth-order valence-corrected chi connectivity index (χ4v) is 16.1. The maximum atomic E-state index is 2.47. The van der Waals surface area contributed by atoms with Gasteiger partial charge in [-0.15, -0.1) is 0 Å². The van der Waals surface area contributed by atoms with Crippen molar-refractivity contribution >= 4 is 95.5 Å². The first-order valence-electron chi connectivity index (χ1n) is 33.8. The Balaban J connectivity index is 0.665. The highest BCUT2D eigenvalue weighted by Crippen LogP contribution is 2.53. The Bertz CT molecular complexity index is 5670. The predicted octanol–water partition coefficient (Wildman–Crippen LogP) is 25.0. The lowest BCUT2D eigenvalue weighted by Crippen LogP contribution is -2.16. The van der Waals surface area contributed by atoms with Crippen molar-refractivity contribution in [3.05, 3.63) is 354 Å². The number of hydrogen-bond acceptors (Lipinski definition) is 2. The van der Waals surface area contributed by atoms with Crippen molar-refractivity contribution in [2.75, 3.05) is 9.80 Å². The molecule has 3 aliphatic carbocycles. The van der Waals surface area contributed by atoms with E-state index < -0.39 is 0 Å². The molecule has 4 heteroatoms. The number of fused-ring (bicyclic) bond motifs is 11. The molecule has 0 amide bonds. The Morgan fingerprint density at radius 1 is 0.312 bits per heavy atom. The molecular formula is C92H70N4. The normalized spacial score (nSPS) is 14.2. The highest BCUT2D eigenvalue weighted by molar-refractivity contribution is 6.13. The molecule has 458 valence electrons. The van der Waals surface area contributed by atoms with Gasteiger partial charge in [-0.25, -0.2) is 0 Å². The van der Waals surface area contributed by atoms with Crippen LogP contribution in [-0.4, -0.2) is 9.13 Å². The van der Waals surface area contributed by atoms with Gasteiger partial charge < -0.3 is 18.9 Å². The van der Waals surface area contributed by atoms with Crippen molar-refractivity contribution in [3.63, 3.8) is 0 Å². The first kappa shape index (κ1) is 57.0. The average molecular weight is 1230 g/mol. The van der Waals surface area contributed by atoms with E-state index in [0.717, 1.165) is 69.5 Å². The van der Waals surface area contributed by atoms with Gasteiger partial charge in [-0.3, -0.25) is 0 Å². The Hall–Kier alpha value is -11.7. The number of rotatable bonds is 12. The Morgan fingerprint density at radius 2 is 0.688 bits per heavy atom. The third-order valence-electron chi connectivity index (χ3n) is 21.0. The van der Waals surface area contributed by atoms with Crippen LogP contribution in [0.15, 0.2) is 321 Å². The maximum absolute atomic E-state index is 2.47. The molecule has 2 heterocycles. The molecule has 2 aromatic heterocycles. The fraction of sp³-hybridized carbons (Fsp3) is 0.0870. The van der Waals surface area contributed by atoms with Crippen molar-refractivity contribution in [1.82, 2.24) is 9.13 Å². The second-order valence-electron chi connectivity index (χ2n) is 27.2. The van der Waals surface area contributed by atoms with Gasteiger partial charge in [0.2, 0.25) is 0 Å². The summed E-state index contributed by atoms with van der Waals surface area (Å²) >= 11 is 0. The number of hydrogen-bond donors (Lipinski definition) is 0. The highest BCUT2D eigenvalue weighted by atomic mass is 15.1. The topological polar surface area (TPSA) is 16.3 Å². The minimum absolute atomic E-state index is 0.0352. The van der Waals surface area contributed by atoms with Crippen molar-refractivity contribution in [2.45, 2.75) is 51.4 Å². The molecule has 0 radical (unpaired) electrons. The number of aromatic nitrogens is 2. The number of nitrogens with zero attached hydrogens (tertiary/aromatic N) is 4. The van der Waals surface area contributed by atoms with Crippen LogP contribution in [0.4, 0.5) is 34.1 Å². The second kappa shape index (κ2) is 22.5. The van der Waals surface area contributed by atoms with Crippen LogP contribution in [-0.2, 0) is 10.8 Å². The molecule has 0 spiro atoms. The van der Waals surface area contributed by atoms with Crippen LogP contribution in [0.5, 0.6) is 0 Å². The van der Waals surface area contributed by atoms with Crippen LogP contribution >= 0.6 is 0 Å². The molecule has 3 aliphatic rings. The zero-order valence-corrected chi connectivity index (χ0v) is 54.4. The van der Waals surface area contributed by atoms with Gasteiger partial charge in [-0.2, -0.15) is 0 Å². The van der Waals surface area contributed by atoms with Crippen LogP contribution in [0.25, 0.3) is 106 Å². The lowest BCUT2D eigenvalue weighted by molar-refractivity contribution is 0.651. The molecular weight excluding hydrogens is 1160 g/mol. The molecule has 4 nitrogen and oxygen atoms in total. The zero-order chi connectivity index (χ0) is 64.2.